The molecule has 76 valence electrons. The Morgan fingerprint density at radius 2 is 2.21 bits per heavy atom. The van der Waals surface area contributed by atoms with Crippen molar-refractivity contribution in [1.82, 2.24) is 0 Å². The van der Waals surface area contributed by atoms with E-state index < -0.39 is 7.12 Å². The SMILES string of the molecule is CCOc1cccc(NN)c1B(O)O. The van der Waals surface area contributed by atoms with Gasteiger partial charge in [0.2, 0.25) is 0 Å². The van der Waals surface area contributed by atoms with E-state index in [1.807, 2.05) is 6.92 Å². The van der Waals surface area contributed by atoms with Crippen LogP contribution in [0.4, 0.5) is 5.69 Å². The molecule has 0 saturated carbocycles. The minimum Gasteiger partial charge on any atom is -0.494 e. The van der Waals surface area contributed by atoms with E-state index in [2.05, 4.69) is 5.43 Å². The van der Waals surface area contributed by atoms with Gasteiger partial charge in [0.1, 0.15) is 5.75 Å². The van der Waals surface area contributed by atoms with Gasteiger partial charge < -0.3 is 20.2 Å². The highest BCUT2D eigenvalue weighted by Gasteiger charge is 2.20. The Bertz CT molecular complexity index is 307. The Kier molecular flexibility index (Phi) is 3.76. The van der Waals surface area contributed by atoms with Crippen LogP contribution in [0.2, 0.25) is 0 Å². The van der Waals surface area contributed by atoms with Crippen LogP contribution in [0.25, 0.3) is 0 Å². The molecule has 0 aliphatic heterocycles. The van der Waals surface area contributed by atoms with Crippen molar-refractivity contribution >= 4 is 18.3 Å². The van der Waals surface area contributed by atoms with Gasteiger partial charge in [-0.2, -0.15) is 0 Å². The van der Waals surface area contributed by atoms with E-state index >= 15 is 0 Å². The molecule has 1 rings (SSSR count). The first-order valence-electron chi connectivity index (χ1n) is 4.29. The molecule has 0 heterocycles. The fourth-order valence-electron chi connectivity index (χ4n) is 1.22. The molecule has 5 N–H and O–H groups in total. The molecule has 0 bridgehead atoms. The number of benzene rings is 1. The van der Waals surface area contributed by atoms with Crippen molar-refractivity contribution < 1.29 is 14.8 Å². The third-order valence-corrected chi connectivity index (χ3v) is 1.78. The summed E-state index contributed by atoms with van der Waals surface area (Å²) in [5.41, 5.74) is 3.06. The topological polar surface area (TPSA) is 87.7 Å². The highest BCUT2D eigenvalue weighted by Crippen LogP contribution is 2.14. The second-order valence-corrected chi connectivity index (χ2v) is 2.67. The largest absolute Gasteiger partial charge is 0.494 e. The molecule has 0 radical (unpaired) electrons. The van der Waals surface area contributed by atoms with Crippen molar-refractivity contribution in [2.45, 2.75) is 6.92 Å². The molecule has 1 aromatic rings. The van der Waals surface area contributed by atoms with Crippen LogP contribution in [0.1, 0.15) is 6.92 Å². The van der Waals surface area contributed by atoms with Crippen molar-refractivity contribution in [1.29, 1.82) is 0 Å². The van der Waals surface area contributed by atoms with E-state index in [9.17, 15) is 0 Å². The molecule has 0 fully saturated rings. The monoisotopic (exact) mass is 196 g/mol. The second-order valence-electron chi connectivity index (χ2n) is 2.67. The summed E-state index contributed by atoms with van der Waals surface area (Å²) >= 11 is 0. The van der Waals surface area contributed by atoms with Gasteiger partial charge >= 0.3 is 7.12 Å². The minimum atomic E-state index is -1.61. The van der Waals surface area contributed by atoms with E-state index in [0.29, 0.717) is 18.0 Å². The first-order valence-corrected chi connectivity index (χ1v) is 4.29. The third-order valence-electron chi connectivity index (χ3n) is 1.78. The van der Waals surface area contributed by atoms with Gasteiger partial charge in [-0.3, -0.25) is 5.84 Å². The fraction of sp³-hybridized carbons (Fsp3) is 0.250. The molecule has 1 aromatic carbocycles. The van der Waals surface area contributed by atoms with Crippen LogP contribution >= 0.6 is 0 Å². The third kappa shape index (κ3) is 2.17. The second kappa shape index (κ2) is 4.85. The Morgan fingerprint density at radius 1 is 1.50 bits per heavy atom. The lowest BCUT2D eigenvalue weighted by atomic mass is 9.78. The summed E-state index contributed by atoms with van der Waals surface area (Å²) in [5.74, 6) is 5.64. The van der Waals surface area contributed by atoms with Gasteiger partial charge in [-0.1, -0.05) is 6.07 Å². The van der Waals surface area contributed by atoms with Gasteiger partial charge in [0.15, 0.2) is 0 Å². The number of hydrazine groups is 1. The summed E-state index contributed by atoms with van der Waals surface area (Å²) in [5, 5.41) is 18.2. The Morgan fingerprint density at radius 3 is 2.71 bits per heavy atom. The van der Waals surface area contributed by atoms with Gasteiger partial charge in [0, 0.05) is 5.46 Å². The first kappa shape index (κ1) is 10.8. The Balaban J connectivity index is 3.14. The molecule has 5 nitrogen and oxygen atoms in total. The van der Waals surface area contributed by atoms with E-state index in [0.717, 1.165) is 0 Å². The number of anilines is 1. The summed E-state index contributed by atoms with van der Waals surface area (Å²) in [6.07, 6.45) is 0. The molecule has 0 aliphatic rings. The minimum absolute atomic E-state index is 0.247. The number of hydrogen-bond acceptors (Lipinski definition) is 5. The average molecular weight is 196 g/mol. The normalized spacial score (nSPS) is 9.71. The maximum Gasteiger partial charge on any atom is 0.494 e. The zero-order chi connectivity index (χ0) is 10.6. The lowest BCUT2D eigenvalue weighted by molar-refractivity contribution is 0.340. The number of nitrogens with one attached hydrogen (secondary N) is 1. The molecule has 0 spiro atoms. The van der Waals surface area contributed by atoms with E-state index in [-0.39, 0.29) is 5.46 Å². The maximum absolute atomic E-state index is 9.12. The van der Waals surface area contributed by atoms with Crippen molar-refractivity contribution in [2.24, 2.45) is 5.84 Å². The zero-order valence-electron chi connectivity index (χ0n) is 7.90. The van der Waals surface area contributed by atoms with E-state index in [1.54, 1.807) is 18.2 Å². The fourth-order valence-corrected chi connectivity index (χ4v) is 1.22. The van der Waals surface area contributed by atoms with Crippen molar-refractivity contribution in [3.05, 3.63) is 18.2 Å². The van der Waals surface area contributed by atoms with Crippen LogP contribution in [0, 0.1) is 0 Å². The van der Waals surface area contributed by atoms with Crippen molar-refractivity contribution in [2.75, 3.05) is 12.0 Å². The molecule has 0 unspecified atom stereocenters. The first-order chi connectivity index (χ1) is 6.70. The van der Waals surface area contributed by atoms with Gasteiger partial charge in [0.05, 0.1) is 12.3 Å². The molecule has 14 heavy (non-hydrogen) atoms. The van der Waals surface area contributed by atoms with Gasteiger partial charge in [-0.05, 0) is 19.1 Å². The van der Waals surface area contributed by atoms with Crippen molar-refractivity contribution in [3.8, 4) is 5.75 Å². The number of rotatable bonds is 4. The van der Waals surface area contributed by atoms with E-state index in [1.165, 1.54) is 0 Å². The molecular weight excluding hydrogens is 183 g/mol. The highest BCUT2D eigenvalue weighted by molar-refractivity contribution is 6.61. The van der Waals surface area contributed by atoms with Crippen molar-refractivity contribution in [3.63, 3.8) is 0 Å². The van der Waals surface area contributed by atoms with Crippen LogP contribution < -0.4 is 21.5 Å². The highest BCUT2D eigenvalue weighted by atomic mass is 16.5. The molecule has 6 heteroatoms. The lowest BCUT2D eigenvalue weighted by Crippen LogP contribution is -2.35. The molecule has 0 amide bonds. The van der Waals surface area contributed by atoms with Crippen LogP contribution in [0.15, 0.2) is 18.2 Å². The zero-order valence-corrected chi connectivity index (χ0v) is 7.90. The molecule has 0 saturated heterocycles. The predicted molar refractivity (Wildman–Crippen MR) is 55.2 cm³/mol. The summed E-state index contributed by atoms with van der Waals surface area (Å²) < 4.78 is 5.23. The molecule has 0 atom stereocenters. The molecule has 0 aliphatic carbocycles. The quantitative estimate of drug-likeness (QED) is 0.283. The number of hydrogen-bond donors (Lipinski definition) is 4. The van der Waals surface area contributed by atoms with Gasteiger partial charge in [0.25, 0.3) is 0 Å². The van der Waals surface area contributed by atoms with Gasteiger partial charge in [-0.15, -0.1) is 0 Å². The summed E-state index contributed by atoms with van der Waals surface area (Å²) in [7, 11) is -1.61. The summed E-state index contributed by atoms with van der Waals surface area (Å²) in [4.78, 5) is 0. The van der Waals surface area contributed by atoms with E-state index in [4.69, 9.17) is 20.6 Å². The lowest BCUT2D eigenvalue weighted by Gasteiger charge is -2.13. The number of nitrogen functional groups attached to an aromatic ring is 1. The van der Waals surface area contributed by atoms with Crippen LogP contribution in [-0.4, -0.2) is 23.8 Å². The summed E-state index contributed by atoms with van der Waals surface area (Å²) in [6, 6.07) is 5.00. The van der Waals surface area contributed by atoms with Gasteiger partial charge in [-0.25, -0.2) is 0 Å². The van der Waals surface area contributed by atoms with Crippen LogP contribution in [-0.2, 0) is 0 Å². The average Bonchev–Trinajstić information content (AvgIpc) is 2.17. The Hall–Kier alpha value is -1.24. The predicted octanol–water partition coefficient (Wildman–Crippen LogP) is -0.949. The summed E-state index contributed by atoms with van der Waals surface area (Å²) in [6.45, 7) is 2.27. The number of nitrogens with two attached hydrogens (primary N) is 1. The number of ether oxygens (including phenoxy) is 1. The van der Waals surface area contributed by atoms with Crippen LogP contribution in [0.5, 0.6) is 5.75 Å². The van der Waals surface area contributed by atoms with Crippen LogP contribution in [0.3, 0.4) is 0 Å². The maximum atomic E-state index is 9.12. The Labute approximate surface area is 82.6 Å². The molecular formula is C8H13BN2O3. The standard InChI is InChI=1S/C8H13BN2O3/c1-2-14-7-5-3-4-6(11-10)8(7)9(12)13/h3-5,11-13H,2,10H2,1H3. The molecule has 0 aromatic heterocycles. The smallest absolute Gasteiger partial charge is 0.494 e.